The first kappa shape index (κ1) is 18.1. The third-order valence-electron chi connectivity index (χ3n) is 3.69. The minimum absolute atomic E-state index is 0.507. The van der Waals surface area contributed by atoms with Crippen molar-refractivity contribution < 1.29 is 4.74 Å². The van der Waals surface area contributed by atoms with Crippen molar-refractivity contribution in [2.24, 2.45) is 0 Å². The van der Waals surface area contributed by atoms with Gasteiger partial charge in [0.25, 0.3) is 0 Å². The summed E-state index contributed by atoms with van der Waals surface area (Å²) in [4.78, 5) is 0. The third-order valence-corrected chi connectivity index (χ3v) is 4.78. The van der Waals surface area contributed by atoms with Gasteiger partial charge in [-0.2, -0.15) is 0 Å². The molecule has 3 heteroatoms. The van der Waals surface area contributed by atoms with Crippen LogP contribution in [0.3, 0.4) is 0 Å². The molecule has 0 atom stereocenters. The molecule has 0 heterocycles. The van der Waals surface area contributed by atoms with Crippen molar-refractivity contribution in [3.05, 3.63) is 68.1 Å². The van der Waals surface area contributed by atoms with Crippen molar-refractivity contribution in [3.63, 3.8) is 0 Å². The predicted molar refractivity (Wildman–Crippen MR) is 101 cm³/mol. The Labute approximate surface area is 152 Å². The molecule has 0 aliphatic rings. The molecule has 0 N–H and O–H groups in total. The van der Waals surface area contributed by atoms with Gasteiger partial charge < -0.3 is 4.74 Å². The van der Waals surface area contributed by atoms with E-state index in [1.807, 2.05) is 6.07 Å². The number of hydrogen-bond acceptors (Lipinski definition) is 1. The van der Waals surface area contributed by atoms with Crippen LogP contribution in [0.4, 0.5) is 0 Å². The zero-order chi connectivity index (χ0) is 16.7. The highest BCUT2D eigenvalue weighted by Gasteiger charge is 2.08. The van der Waals surface area contributed by atoms with Crippen molar-refractivity contribution in [3.8, 4) is 12.3 Å². The second-order valence-electron chi connectivity index (χ2n) is 5.39. The highest BCUT2D eigenvalue weighted by atomic mass is 79.9. The van der Waals surface area contributed by atoms with E-state index in [-0.39, 0.29) is 0 Å². The molecule has 23 heavy (non-hydrogen) atoms. The molecule has 0 bridgehead atoms. The molecule has 2 aromatic rings. The average molecular weight is 392 g/mol. The number of rotatable bonds is 7. The van der Waals surface area contributed by atoms with Crippen LogP contribution in [0.25, 0.3) is 0 Å². The maximum absolute atomic E-state index is 6.44. The number of ether oxygens (including phenoxy) is 1. The molecule has 0 fully saturated rings. The fourth-order valence-corrected chi connectivity index (χ4v) is 3.06. The minimum atomic E-state index is 0.507. The summed E-state index contributed by atoms with van der Waals surface area (Å²) < 4.78 is 6.56. The van der Waals surface area contributed by atoms with Gasteiger partial charge in [-0.05, 0) is 47.2 Å². The number of hydrogen-bond donors (Lipinski definition) is 0. The first-order chi connectivity index (χ1) is 11.1. The molecule has 1 nitrogen and oxygen atoms in total. The fourth-order valence-electron chi connectivity index (χ4n) is 2.30. The van der Waals surface area contributed by atoms with Crippen molar-refractivity contribution in [2.75, 3.05) is 6.61 Å². The molecule has 0 saturated heterocycles. The van der Waals surface area contributed by atoms with E-state index in [2.05, 4.69) is 59.1 Å². The Morgan fingerprint density at radius 1 is 1.13 bits per heavy atom. The summed E-state index contributed by atoms with van der Waals surface area (Å²) in [5.41, 5.74) is 4.75. The van der Waals surface area contributed by atoms with Crippen LogP contribution in [0.5, 0.6) is 0 Å². The van der Waals surface area contributed by atoms with E-state index in [0.29, 0.717) is 19.6 Å². The number of aryl methyl sites for hydroxylation is 1. The van der Waals surface area contributed by atoms with Crippen molar-refractivity contribution in [1.29, 1.82) is 0 Å². The van der Waals surface area contributed by atoms with Gasteiger partial charge in [0, 0.05) is 15.9 Å². The summed E-state index contributed by atoms with van der Waals surface area (Å²) in [6.07, 6.45) is 7.71. The topological polar surface area (TPSA) is 9.23 Å². The van der Waals surface area contributed by atoms with E-state index in [0.717, 1.165) is 33.5 Å². The molecule has 0 aromatic heterocycles. The summed E-state index contributed by atoms with van der Waals surface area (Å²) in [7, 11) is 0. The lowest BCUT2D eigenvalue weighted by Crippen LogP contribution is -1.98. The van der Waals surface area contributed by atoms with Crippen LogP contribution in [0.15, 0.2) is 40.9 Å². The molecular weight excluding hydrogens is 372 g/mol. The van der Waals surface area contributed by atoms with E-state index in [4.69, 9.17) is 22.8 Å². The first-order valence-electron chi connectivity index (χ1n) is 7.69. The van der Waals surface area contributed by atoms with Gasteiger partial charge in [0.05, 0.1) is 13.2 Å². The second-order valence-corrected chi connectivity index (χ2v) is 6.65. The van der Waals surface area contributed by atoms with Crippen LogP contribution in [0.1, 0.15) is 35.6 Å². The highest BCUT2D eigenvalue weighted by Crippen LogP contribution is 2.28. The van der Waals surface area contributed by atoms with Gasteiger partial charge in [-0.3, -0.25) is 0 Å². The Morgan fingerprint density at radius 3 is 2.48 bits per heavy atom. The maximum Gasteiger partial charge on any atom is 0.0728 e. The number of benzene rings is 2. The second kappa shape index (κ2) is 9.13. The predicted octanol–water partition coefficient (Wildman–Crippen LogP) is 5.80. The zero-order valence-corrected chi connectivity index (χ0v) is 15.6. The summed E-state index contributed by atoms with van der Waals surface area (Å²) in [6, 6.07) is 12.7. The van der Waals surface area contributed by atoms with Gasteiger partial charge >= 0.3 is 0 Å². The Kier molecular flexibility index (Phi) is 7.17. The van der Waals surface area contributed by atoms with E-state index in [1.165, 1.54) is 11.1 Å². The smallest absolute Gasteiger partial charge is 0.0728 e. The molecule has 2 rings (SSSR count). The Balaban J connectivity index is 2.07. The quantitative estimate of drug-likeness (QED) is 0.428. The van der Waals surface area contributed by atoms with Gasteiger partial charge in [-0.1, -0.05) is 58.7 Å². The monoisotopic (exact) mass is 390 g/mol. The van der Waals surface area contributed by atoms with Crippen molar-refractivity contribution in [2.45, 2.75) is 32.8 Å². The van der Waals surface area contributed by atoms with E-state index < -0.39 is 0 Å². The summed E-state index contributed by atoms with van der Waals surface area (Å²) in [5.74, 6) is 2.56. The Hall–Kier alpha value is -1.27. The lowest BCUT2D eigenvalue weighted by atomic mass is 10.0. The molecule has 0 aliphatic carbocycles. The molecule has 0 unspecified atom stereocenters. The SMILES string of the molecule is C#CCCOCc1cc(Cl)c(Cc2ccc(CC)cc2)cc1Br. The largest absolute Gasteiger partial charge is 0.376 e. The normalized spacial score (nSPS) is 10.5. The highest BCUT2D eigenvalue weighted by molar-refractivity contribution is 9.10. The van der Waals surface area contributed by atoms with Crippen molar-refractivity contribution >= 4 is 27.5 Å². The van der Waals surface area contributed by atoms with E-state index >= 15 is 0 Å². The van der Waals surface area contributed by atoms with Gasteiger partial charge in [0.2, 0.25) is 0 Å². The Bertz CT molecular complexity index is 686. The van der Waals surface area contributed by atoms with E-state index in [1.54, 1.807) is 0 Å². The molecule has 0 radical (unpaired) electrons. The fraction of sp³-hybridized carbons (Fsp3) is 0.300. The lowest BCUT2D eigenvalue weighted by Gasteiger charge is -2.11. The molecule has 2 aromatic carbocycles. The standard InChI is InChI=1S/C20H20BrClO/c1-3-5-10-23-14-18-13-20(22)17(12-19(18)21)11-16-8-6-15(4-2)7-9-16/h1,6-9,12-13H,4-5,10-11,14H2,2H3. The van der Waals surface area contributed by atoms with Crippen LogP contribution in [0.2, 0.25) is 5.02 Å². The molecule has 0 spiro atoms. The van der Waals surface area contributed by atoms with Crippen LogP contribution in [0, 0.1) is 12.3 Å². The summed E-state index contributed by atoms with van der Waals surface area (Å²) in [6.45, 7) is 3.23. The molecule has 0 saturated carbocycles. The molecule has 120 valence electrons. The molecular formula is C20H20BrClO. The Morgan fingerprint density at radius 2 is 1.83 bits per heavy atom. The zero-order valence-electron chi connectivity index (χ0n) is 13.2. The van der Waals surface area contributed by atoms with Gasteiger partial charge in [-0.15, -0.1) is 12.3 Å². The number of terminal acetylenes is 1. The van der Waals surface area contributed by atoms with Gasteiger partial charge in [-0.25, -0.2) is 0 Å². The van der Waals surface area contributed by atoms with Crippen LogP contribution < -0.4 is 0 Å². The first-order valence-corrected chi connectivity index (χ1v) is 8.87. The maximum atomic E-state index is 6.44. The molecule has 0 amide bonds. The van der Waals surface area contributed by atoms with Crippen LogP contribution in [-0.4, -0.2) is 6.61 Å². The van der Waals surface area contributed by atoms with Crippen LogP contribution >= 0.6 is 27.5 Å². The van der Waals surface area contributed by atoms with Gasteiger partial charge in [0.15, 0.2) is 0 Å². The van der Waals surface area contributed by atoms with Gasteiger partial charge in [0.1, 0.15) is 0 Å². The van der Waals surface area contributed by atoms with Crippen LogP contribution in [-0.2, 0) is 24.2 Å². The summed E-state index contributed by atoms with van der Waals surface area (Å²) >= 11 is 10.0. The molecule has 0 aliphatic heterocycles. The van der Waals surface area contributed by atoms with E-state index in [9.17, 15) is 0 Å². The average Bonchev–Trinajstić information content (AvgIpc) is 2.56. The summed E-state index contributed by atoms with van der Waals surface area (Å²) in [5, 5.41) is 0.767. The third kappa shape index (κ3) is 5.39. The lowest BCUT2D eigenvalue weighted by molar-refractivity contribution is 0.126. The van der Waals surface area contributed by atoms with Crippen molar-refractivity contribution in [1.82, 2.24) is 0 Å². The number of halogens is 2. The minimum Gasteiger partial charge on any atom is -0.376 e.